The van der Waals surface area contributed by atoms with Gasteiger partial charge in [-0.1, -0.05) is 0 Å². The summed E-state index contributed by atoms with van der Waals surface area (Å²) in [5.74, 6) is -2.93. The monoisotopic (exact) mass is 214 g/mol. The summed E-state index contributed by atoms with van der Waals surface area (Å²) in [4.78, 5) is -1.02. The van der Waals surface area contributed by atoms with Gasteiger partial charge in [0.2, 0.25) is 0 Å². The Kier molecular flexibility index (Phi) is 2.51. The molecule has 0 radical (unpaired) electrons. The van der Waals surface area contributed by atoms with E-state index in [1.165, 1.54) is 0 Å². The molecule has 0 aliphatic heterocycles. The van der Waals surface area contributed by atoms with Crippen molar-refractivity contribution in [1.29, 1.82) is 0 Å². The van der Waals surface area contributed by atoms with Crippen LogP contribution in [0.25, 0.3) is 0 Å². The average molecular weight is 214 g/mol. The highest BCUT2D eigenvalue weighted by Crippen LogP contribution is 2.35. The molecule has 0 heterocycles. The molecule has 0 bridgehead atoms. The molecule has 0 amide bonds. The zero-order valence-electron chi connectivity index (χ0n) is 5.99. The molecule has 0 fully saturated rings. The number of alkyl halides is 3. The van der Waals surface area contributed by atoms with Crippen LogP contribution < -0.4 is 0 Å². The van der Waals surface area contributed by atoms with Crippen LogP contribution in [0.4, 0.5) is 22.0 Å². The fourth-order valence-electron chi connectivity index (χ4n) is 0.769. The number of hydrogen-bond donors (Lipinski definition) is 1. The van der Waals surface area contributed by atoms with Crippen molar-refractivity contribution in [3.63, 3.8) is 0 Å². The van der Waals surface area contributed by atoms with Crippen molar-refractivity contribution in [3.05, 3.63) is 29.3 Å². The Morgan fingerprint density at radius 3 is 2.08 bits per heavy atom. The molecular formula is C7H3F5S. The molecule has 0 aromatic heterocycles. The standard InChI is InChI=1S/C7H3F5S/c8-4-2-1-3(7(10,11)12)6(13)5(4)9/h1-2,13H. The van der Waals surface area contributed by atoms with E-state index in [2.05, 4.69) is 12.6 Å². The predicted molar refractivity (Wildman–Crippen MR) is 38.6 cm³/mol. The van der Waals surface area contributed by atoms with Crippen LogP contribution in [-0.2, 0) is 6.18 Å². The fourth-order valence-corrected chi connectivity index (χ4v) is 1.08. The highest BCUT2D eigenvalue weighted by molar-refractivity contribution is 7.80. The average Bonchev–Trinajstić information content (AvgIpc) is 1.98. The summed E-state index contributed by atoms with van der Waals surface area (Å²) in [6, 6.07) is 0.860. The summed E-state index contributed by atoms with van der Waals surface area (Å²) in [6.07, 6.45) is -4.72. The Morgan fingerprint density at radius 2 is 1.62 bits per heavy atom. The Balaban J connectivity index is 3.35. The molecule has 72 valence electrons. The van der Waals surface area contributed by atoms with E-state index in [9.17, 15) is 22.0 Å². The maximum Gasteiger partial charge on any atom is 0.417 e. The lowest BCUT2D eigenvalue weighted by atomic mass is 10.2. The Morgan fingerprint density at radius 1 is 1.08 bits per heavy atom. The summed E-state index contributed by atoms with van der Waals surface area (Å²) >= 11 is 3.24. The molecule has 0 saturated heterocycles. The maximum absolute atomic E-state index is 12.6. The van der Waals surface area contributed by atoms with Gasteiger partial charge >= 0.3 is 6.18 Å². The molecule has 0 spiro atoms. The molecule has 0 aliphatic rings. The second-order valence-electron chi connectivity index (χ2n) is 2.26. The normalized spacial score (nSPS) is 11.8. The molecule has 0 N–H and O–H groups in total. The van der Waals surface area contributed by atoms with Crippen LogP contribution in [0, 0.1) is 11.6 Å². The van der Waals surface area contributed by atoms with E-state index in [4.69, 9.17) is 0 Å². The van der Waals surface area contributed by atoms with Crippen molar-refractivity contribution >= 4 is 12.6 Å². The SMILES string of the molecule is Fc1ccc(C(F)(F)F)c(S)c1F. The van der Waals surface area contributed by atoms with E-state index in [1.807, 2.05) is 0 Å². The van der Waals surface area contributed by atoms with Crippen LogP contribution in [0.5, 0.6) is 0 Å². The number of thiol groups is 1. The smallest absolute Gasteiger partial charge is 0.204 e. The van der Waals surface area contributed by atoms with Gasteiger partial charge < -0.3 is 0 Å². The van der Waals surface area contributed by atoms with E-state index >= 15 is 0 Å². The third kappa shape index (κ3) is 1.93. The number of hydrogen-bond acceptors (Lipinski definition) is 1. The molecule has 1 aromatic rings. The highest BCUT2D eigenvalue weighted by atomic mass is 32.1. The van der Waals surface area contributed by atoms with Gasteiger partial charge in [-0.2, -0.15) is 13.2 Å². The molecule has 0 saturated carbocycles. The van der Waals surface area contributed by atoms with Crippen molar-refractivity contribution in [2.75, 3.05) is 0 Å². The lowest BCUT2D eigenvalue weighted by Gasteiger charge is -2.09. The zero-order valence-corrected chi connectivity index (χ0v) is 6.89. The lowest BCUT2D eigenvalue weighted by molar-refractivity contribution is -0.140. The Labute approximate surface area is 75.8 Å². The van der Waals surface area contributed by atoms with Gasteiger partial charge in [0.1, 0.15) is 0 Å². The van der Waals surface area contributed by atoms with Gasteiger partial charge in [0.05, 0.1) is 10.5 Å². The summed E-state index contributed by atoms with van der Waals surface area (Å²) in [6.45, 7) is 0. The highest BCUT2D eigenvalue weighted by Gasteiger charge is 2.34. The number of rotatable bonds is 0. The first-order valence-electron chi connectivity index (χ1n) is 3.08. The van der Waals surface area contributed by atoms with Crippen molar-refractivity contribution < 1.29 is 22.0 Å². The quantitative estimate of drug-likeness (QED) is 0.497. The van der Waals surface area contributed by atoms with Crippen molar-refractivity contribution in [2.45, 2.75) is 11.1 Å². The van der Waals surface area contributed by atoms with Gasteiger partial charge in [-0.3, -0.25) is 0 Å². The largest absolute Gasteiger partial charge is 0.417 e. The molecular weight excluding hydrogens is 211 g/mol. The van der Waals surface area contributed by atoms with E-state index < -0.39 is 28.3 Å². The van der Waals surface area contributed by atoms with Crippen LogP contribution in [0.2, 0.25) is 0 Å². The second-order valence-corrected chi connectivity index (χ2v) is 2.70. The van der Waals surface area contributed by atoms with Crippen molar-refractivity contribution in [2.24, 2.45) is 0 Å². The van der Waals surface area contributed by atoms with Gasteiger partial charge in [0.25, 0.3) is 0 Å². The van der Waals surface area contributed by atoms with E-state index in [1.54, 1.807) is 0 Å². The summed E-state index contributed by atoms with van der Waals surface area (Å²) in [7, 11) is 0. The molecule has 1 rings (SSSR count). The predicted octanol–water partition coefficient (Wildman–Crippen LogP) is 3.27. The Bertz CT molecular complexity index is 330. The summed E-state index contributed by atoms with van der Waals surface area (Å²) in [5, 5.41) is 0. The van der Waals surface area contributed by atoms with Crippen LogP contribution in [0.1, 0.15) is 5.56 Å². The lowest BCUT2D eigenvalue weighted by Crippen LogP contribution is -2.08. The van der Waals surface area contributed by atoms with Gasteiger partial charge in [-0.05, 0) is 12.1 Å². The van der Waals surface area contributed by atoms with Crippen LogP contribution in [-0.4, -0.2) is 0 Å². The van der Waals surface area contributed by atoms with Gasteiger partial charge in [0.15, 0.2) is 11.6 Å². The van der Waals surface area contributed by atoms with E-state index in [0.29, 0.717) is 12.1 Å². The molecule has 6 heteroatoms. The summed E-state index contributed by atoms with van der Waals surface area (Å²) < 4.78 is 61.0. The van der Waals surface area contributed by atoms with E-state index in [-0.39, 0.29) is 0 Å². The van der Waals surface area contributed by atoms with Crippen molar-refractivity contribution in [1.82, 2.24) is 0 Å². The fraction of sp³-hybridized carbons (Fsp3) is 0.143. The minimum absolute atomic E-state index is 0.415. The minimum Gasteiger partial charge on any atom is -0.204 e. The molecule has 0 nitrogen and oxygen atoms in total. The third-order valence-electron chi connectivity index (χ3n) is 1.37. The summed E-state index contributed by atoms with van der Waals surface area (Å²) in [5.41, 5.74) is -1.28. The molecule has 13 heavy (non-hydrogen) atoms. The first-order chi connectivity index (χ1) is 5.84. The number of benzene rings is 1. The number of halogens is 5. The first-order valence-corrected chi connectivity index (χ1v) is 3.53. The topological polar surface area (TPSA) is 0 Å². The molecule has 1 aromatic carbocycles. The van der Waals surface area contributed by atoms with E-state index in [0.717, 1.165) is 0 Å². The van der Waals surface area contributed by atoms with Crippen LogP contribution in [0.3, 0.4) is 0 Å². The van der Waals surface area contributed by atoms with Crippen molar-refractivity contribution in [3.8, 4) is 0 Å². The van der Waals surface area contributed by atoms with Gasteiger partial charge in [0, 0.05) is 0 Å². The first kappa shape index (κ1) is 10.3. The molecule has 0 atom stereocenters. The Hall–Kier alpha value is -0.780. The van der Waals surface area contributed by atoms with Crippen LogP contribution >= 0.6 is 12.6 Å². The third-order valence-corrected chi connectivity index (χ3v) is 1.81. The maximum atomic E-state index is 12.6. The molecule has 0 unspecified atom stereocenters. The van der Waals surface area contributed by atoms with Crippen LogP contribution in [0.15, 0.2) is 17.0 Å². The minimum atomic E-state index is -4.72. The van der Waals surface area contributed by atoms with Gasteiger partial charge in [-0.15, -0.1) is 12.6 Å². The zero-order chi connectivity index (χ0) is 10.2. The molecule has 0 aliphatic carbocycles. The second kappa shape index (κ2) is 3.17. The van der Waals surface area contributed by atoms with Gasteiger partial charge in [-0.25, -0.2) is 8.78 Å².